The van der Waals surface area contributed by atoms with E-state index in [0.717, 1.165) is 13.0 Å². The number of likely N-dealkylation sites (tertiary alicyclic amines) is 1. The fraction of sp³-hybridized carbons (Fsp3) is 0.800. The van der Waals surface area contributed by atoms with Crippen molar-refractivity contribution in [1.82, 2.24) is 4.90 Å². The number of hydrogen-bond donors (Lipinski definition) is 0. The molecule has 1 saturated heterocycles. The van der Waals surface area contributed by atoms with Gasteiger partial charge >= 0.3 is 0 Å². The first kappa shape index (κ1) is 10.0. The predicted octanol–water partition coefficient (Wildman–Crippen LogP) is 1.40. The van der Waals surface area contributed by atoms with Crippen LogP contribution in [0, 0.1) is 23.2 Å². The summed E-state index contributed by atoms with van der Waals surface area (Å²) in [5.41, 5.74) is 0. The number of amides is 1. The second kappa shape index (κ2) is 3.78. The van der Waals surface area contributed by atoms with E-state index in [-0.39, 0.29) is 17.9 Å². The third-order valence-electron chi connectivity index (χ3n) is 2.92. The molecule has 3 unspecified atom stereocenters. The topological polar surface area (TPSA) is 44.1 Å². The molecule has 0 aromatic carbocycles. The van der Waals surface area contributed by atoms with Crippen molar-refractivity contribution in [3.05, 3.63) is 0 Å². The Balaban J connectivity index is 2.74. The summed E-state index contributed by atoms with van der Waals surface area (Å²) < 4.78 is 0. The Morgan fingerprint density at radius 3 is 2.62 bits per heavy atom. The maximum atomic E-state index is 11.6. The quantitative estimate of drug-likeness (QED) is 0.644. The number of nitrogens with zero attached hydrogens (tertiary/aromatic N) is 2. The van der Waals surface area contributed by atoms with Crippen LogP contribution in [0.1, 0.15) is 27.2 Å². The molecule has 0 aromatic heterocycles. The zero-order valence-electron chi connectivity index (χ0n) is 8.45. The van der Waals surface area contributed by atoms with E-state index in [4.69, 9.17) is 5.26 Å². The molecule has 1 rings (SSSR count). The van der Waals surface area contributed by atoms with E-state index in [1.807, 2.05) is 13.8 Å². The molecule has 0 radical (unpaired) electrons. The van der Waals surface area contributed by atoms with Crippen LogP contribution in [-0.2, 0) is 4.79 Å². The minimum atomic E-state index is -0.222. The molecule has 0 aliphatic carbocycles. The second-order valence-electron chi connectivity index (χ2n) is 3.81. The third kappa shape index (κ3) is 1.67. The molecule has 13 heavy (non-hydrogen) atoms. The van der Waals surface area contributed by atoms with E-state index in [2.05, 4.69) is 13.0 Å². The second-order valence-corrected chi connectivity index (χ2v) is 3.81. The van der Waals surface area contributed by atoms with Gasteiger partial charge in [-0.3, -0.25) is 4.79 Å². The number of rotatable bonds is 2. The summed E-state index contributed by atoms with van der Waals surface area (Å²) in [6.07, 6.45) is 0.724. The van der Waals surface area contributed by atoms with Gasteiger partial charge in [-0.2, -0.15) is 5.26 Å². The van der Waals surface area contributed by atoms with Crippen LogP contribution < -0.4 is 0 Å². The third-order valence-corrected chi connectivity index (χ3v) is 2.92. The van der Waals surface area contributed by atoms with Crippen LogP contribution in [0.4, 0.5) is 0 Å². The van der Waals surface area contributed by atoms with Gasteiger partial charge in [0.2, 0.25) is 5.91 Å². The average molecular weight is 180 g/mol. The van der Waals surface area contributed by atoms with Crippen LogP contribution in [0.5, 0.6) is 0 Å². The standard InChI is InChI=1S/C10H16N2O/c1-4-9(5-11)12-6-7(2)8(3)10(12)13/h7-9H,4,6H2,1-3H3. The van der Waals surface area contributed by atoms with E-state index in [9.17, 15) is 4.79 Å². The van der Waals surface area contributed by atoms with Crippen LogP contribution in [0.3, 0.4) is 0 Å². The first-order valence-electron chi connectivity index (χ1n) is 4.81. The lowest BCUT2D eigenvalue weighted by Crippen LogP contribution is -2.35. The molecule has 0 spiro atoms. The smallest absolute Gasteiger partial charge is 0.226 e. The van der Waals surface area contributed by atoms with Crippen LogP contribution in [0.15, 0.2) is 0 Å². The highest BCUT2D eigenvalue weighted by molar-refractivity contribution is 5.81. The number of nitriles is 1. The Labute approximate surface area is 79.3 Å². The molecule has 0 saturated carbocycles. The van der Waals surface area contributed by atoms with Gasteiger partial charge in [0.1, 0.15) is 6.04 Å². The Morgan fingerprint density at radius 2 is 2.31 bits per heavy atom. The number of hydrogen-bond acceptors (Lipinski definition) is 2. The van der Waals surface area contributed by atoms with Crippen molar-refractivity contribution >= 4 is 5.91 Å². The van der Waals surface area contributed by atoms with Gasteiger partial charge in [-0.1, -0.05) is 20.8 Å². The zero-order valence-corrected chi connectivity index (χ0v) is 8.45. The lowest BCUT2D eigenvalue weighted by Gasteiger charge is -2.20. The molecule has 1 aliphatic rings. The van der Waals surface area contributed by atoms with Gasteiger partial charge in [0.05, 0.1) is 6.07 Å². The summed E-state index contributed by atoms with van der Waals surface area (Å²) in [5, 5.41) is 8.83. The highest BCUT2D eigenvalue weighted by atomic mass is 16.2. The molecule has 1 amide bonds. The highest BCUT2D eigenvalue weighted by Crippen LogP contribution is 2.26. The molecule has 3 nitrogen and oxygen atoms in total. The van der Waals surface area contributed by atoms with Crippen molar-refractivity contribution in [3.63, 3.8) is 0 Å². The predicted molar refractivity (Wildman–Crippen MR) is 49.7 cm³/mol. The van der Waals surface area contributed by atoms with E-state index in [0.29, 0.717) is 5.92 Å². The molecule has 1 fully saturated rings. The Morgan fingerprint density at radius 1 is 1.69 bits per heavy atom. The fourth-order valence-corrected chi connectivity index (χ4v) is 1.73. The molecular weight excluding hydrogens is 164 g/mol. The van der Waals surface area contributed by atoms with Gasteiger partial charge in [0, 0.05) is 12.5 Å². The molecule has 3 heteroatoms. The zero-order chi connectivity index (χ0) is 10.0. The average Bonchev–Trinajstić information content (AvgIpc) is 2.36. The summed E-state index contributed by atoms with van der Waals surface area (Å²) in [4.78, 5) is 13.4. The molecule has 72 valence electrons. The first-order chi connectivity index (χ1) is 6.11. The SMILES string of the molecule is CCC(C#N)N1CC(C)C(C)C1=O. The fourth-order valence-electron chi connectivity index (χ4n) is 1.73. The van der Waals surface area contributed by atoms with Crippen molar-refractivity contribution in [2.24, 2.45) is 11.8 Å². The lowest BCUT2D eigenvalue weighted by molar-refractivity contribution is -0.131. The Kier molecular flexibility index (Phi) is 2.92. The molecular formula is C10H16N2O. The Bertz CT molecular complexity index is 244. The molecule has 0 N–H and O–H groups in total. The largest absolute Gasteiger partial charge is 0.326 e. The monoisotopic (exact) mass is 180 g/mol. The molecule has 0 aromatic rings. The molecule has 1 aliphatic heterocycles. The van der Waals surface area contributed by atoms with E-state index in [1.54, 1.807) is 4.90 Å². The van der Waals surface area contributed by atoms with Gasteiger partial charge in [-0.25, -0.2) is 0 Å². The summed E-state index contributed by atoms with van der Waals surface area (Å²) in [7, 11) is 0. The van der Waals surface area contributed by atoms with Crippen molar-refractivity contribution in [3.8, 4) is 6.07 Å². The van der Waals surface area contributed by atoms with Crippen LogP contribution in [0.2, 0.25) is 0 Å². The van der Waals surface area contributed by atoms with Crippen molar-refractivity contribution < 1.29 is 4.79 Å². The van der Waals surface area contributed by atoms with Gasteiger partial charge in [0.15, 0.2) is 0 Å². The lowest BCUT2D eigenvalue weighted by atomic mass is 10.0. The highest BCUT2D eigenvalue weighted by Gasteiger charge is 2.37. The minimum Gasteiger partial charge on any atom is -0.326 e. The summed E-state index contributed by atoms with van der Waals surface area (Å²) in [6.45, 7) is 6.69. The maximum Gasteiger partial charge on any atom is 0.226 e. The van der Waals surface area contributed by atoms with E-state index in [1.165, 1.54) is 0 Å². The van der Waals surface area contributed by atoms with Gasteiger partial charge in [0.25, 0.3) is 0 Å². The van der Waals surface area contributed by atoms with E-state index >= 15 is 0 Å². The molecule has 0 bridgehead atoms. The Hall–Kier alpha value is -1.04. The van der Waals surface area contributed by atoms with Crippen LogP contribution >= 0.6 is 0 Å². The molecule has 3 atom stereocenters. The van der Waals surface area contributed by atoms with Crippen molar-refractivity contribution in [2.75, 3.05) is 6.54 Å². The van der Waals surface area contributed by atoms with Gasteiger partial charge in [-0.15, -0.1) is 0 Å². The van der Waals surface area contributed by atoms with Crippen molar-refractivity contribution in [1.29, 1.82) is 5.26 Å². The normalized spacial score (nSPS) is 30.3. The number of carbonyl (C=O) groups is 1. The van der Waals surface area contributed by atoms with Crippen LogP contribution in [-0.4, -0.2) is 23.4 Å². The summed E-state index contributed by atoms with van der Waals surface area (Å²) in [5.74, 6) is 0.609. The molecule has 1 heterocycles. The van der Waals surface area contributed by atoms with Gasteiger partial charge < -0.3 is 4.90 Å². The van der Waals surface area contributed by atoms with Crippen molar-refractivity contribution in [2.45, 2.75) is 33.2 Å². The van der Waals surface area contributed by atoms with Crippen LogP contribution in [0.25, 0.3) is 0 Å². The minimum absolute atomic E-state index is 0.0856. The summed E-state index contributed by atoms with van der Waals surface area (Å²) in [6, 6.07) is 1.95. The maximum absolute atomic E-state index is 11.6. The van der Waals surface area contributed by atoms with Gasteiger partial charge in [-0.05, 0) is 12.3 Å². The number of carbonyl (C=O) groups excluding carboxylic acids is 1. The first-order valence-corrected chi connectivity index (χ1v) is 4.81. The summed E-state index contributed by atoms with van der Waals surface area (Å²) >= 11 is 0. The van der Waals surface area contributed by atoms with E-state index < -0.39 is 0 Å².